The van der Waals surface area contributed by atoms with Crippen molar-refractivity contribution < 1.29 is 23.7 Å². The van der Waals surface area contributed by atoms with Crippen LogP contribution in [-0.4, -0.2) is 12.6 Å². The van der Waals surface area contributed by atoms with Crippen LogP contribution in [0.25, 0.3) is 6.08 Å². The van der Waals surface area contributed by atoms with Gasteiger partial charge in [-0.2, -0.15) is 0 Å². The minimum Gasteiger partial charge on any atom is -0.489 e. The summed E-state index contributed by atoms with van der Waals surface area (Å²) in [4.78, 5) is 12.9. The molecule has 0 radical (unpaired) electrons. The molecule has 3 aromatic rings. The Balaban J connectivity index is 1.39. The Hall–Kier alpha value is -3.09. The molecule has 0 saturated heterocycles. The van der Waals surface area contributed by atoms with Crippen molar-refractivity contribution in [3.8, 4) is 17.2 Å². The molecule has 0 atom stereocenters. The fraction of sp³-hybridized carbons (Fsp3) is 0.192. The van der Waals surface area contributed by atoms with Gasteiger partial charge in [-0.25, -0.2) is 0 Å². The quantitative estimate of drug-likeness (QED) is 0.410. The third-order valence-electron chi connectivity index (χ3n) is 5.53. The molecule has 0 saturated carbocycles. The first-order valence-electron chi connectivity index (χ1n) is 10.3. The first kappa shape index (κ1) is 20.8. The monoisotopic (exact) mass is 492 g/mol. The first-order chi connectivity index (χ1) is 15.5. The Morgan fingerprint density at radius 2 is 1.97 bits per heavy atom. The first-order valence-corrected chi connectivity index (χ1v) is 11.1. The average Bonchev–Trinajstić information content (AvgIpc) is 3.09. The van der Waals surface area contributed by atoms with E-state index in [9.17, 15) is 4.79 Å². The minimum absolute atomic E-state index is 0.165. The van der Waals surface area contributed by atoms with Crippen LogP contribution in [0.15, 0.2) is 58.8 Å². The van der Waals surface area contributed by atoms with Crippen LogP contribution < -0.4 is 14.2 Å². The van der Waals surface area contributed by atoms with E-state index in [2.05, 4.69) is 48.0 Å². The predicted molar refractivity (Wildman–Crippen MR) is 124 cm³/mol. The van der Waals surface area contributed by atoms with Crippen LogP contribution in [-0.2, 0) is 18.0 Å². The topological polar surface area (TPSA) is 54.0 Å². The highest BCUT2D eigenvalue weighted by atomic mass is 79.9. The van der Waals surface area contributed by atoms with Gasteiger partial charge in [-0.3, -0.25) is 4.79 Å². The maximum absolute atomic E-state index is 12.9. The third-order valence-corrected chi connectivity index (χ3v) is 5.99. The zero-order chi connectivity index (χ0) is 22.2. The lowest BCUT2D eigenvalue weighted by atomic mass is 10.1. The van der Waals surface area contributed by atoms with Crippen molar-refractivity contribution in [2.24, 2.45) is 0 Å². The van der Waals surface area contributed by atoms with Gasteiger partial charge in [-0.1, -0.05) is 39.7 Å². The van der Waals surface area contributed by atoms with Gasteiger partial charge in [0.25, 0.3) is 0 Å². The van der Waals surface area contributed by atoms with Gasteiger partial charge in [0, 0.05) is 21.7 Å². The predicted octanol–water partition coefficient (Wildman–Crippen LogP) is 6.13. The van der Waals surface area contributed by atoms with Crippen LogP contribution in [0.5, 0.6) is 17.2 Å². The maximum Gasteiger partial charge on any atom is 0.231 e. The van der Waals surface area contributed by atoms with Gasteiger partial charge in [0.1, 0.15) is 23.9 Å². The largest absolute Gasteiger partial charge is 0.489 e. The number of Topliss-reactive ketones (excluding diaryl/α,β-unsaturated/α-hetero) is 1. The van der Waals surface area contributed by atoms with Gasteiger partial charge in [0.15, 0.2) is 12.6 Å². The van der Waals surface area contributed by atoms with E-state index in [0.29, 0.717) is 36.0 Å². The molecule has 0 aromatic heterocycles. The number of hydrogen-bond acceptors (Lipinski definition) is 5. The second-order valence-electron chi connectivity index (χ2n) is 7.91. The highest BCUT2D eigenvalue weighted by Gasteiger charge is 2.28. The molecule has 2 aliphatic rings. The van der Waals surface area contributed by atoms with E-state index in [1.807, 2.05) is 12.1 Å². The molecular weight excluding hydrogens is 472 g/mol. The summed E-state index contributed by atoms with van der Waals surface area (Å²) in [7, 11) is 0. The van der Waals surface area contributed by atoms with E-state index >= 15 is 0 Å². The molecule has 0 unspecified atom stereocenters. The fourth-order valence-corrected chi connectivity index (χ4v) is 4.35. The van der Waals surface area contributed by atoms with Crippen LogP contribution in [0.1, 0.15) is 38.2 Å². The van der Waals surface area contributed by atoms with Crippen LogP contribution in [0.3, 0.4) is 0 Å². The fourth-order valence-electron chi connectivity index (χ4n) is 3.83. The maximum atomic E-state index is 12.9. The Morgan fingerprint density at radius 1 is 1.09 bits per heavy atom. The average molecular weight is 493 g/mol. The number of aryl methyl sites for hydroxylation is 2. The van der Waals surface area contributed by atoms with Crippen molar-refractivity contribution in [2.75, 3.05) is 6.79 Å². The smallest absolute Gasteiger partial charge is 0.231 e. The summed E-state index contributed by atoms with van der Waals surface area (Å²) in [6, 6.07) is 15.5. The van der Waals surface area contributed by atoms with Gasteiger partial charge in [0.2, 0.25) is 5.78 Å². The molecular formula is C26H21BrO5. The van der Waals surface area contributed by atoms with Crippen LogP contribution in [0.2, 0.25) is 0 Å². The van der Waals surface area contributed by atoms with E-state index in [4.69, 9.17) is 18.9 Å². The molecule has 5 rings (SSSR count). The molecule has 5 nitrogen and oxygen atoms in total. The molecule has 32 heavy (non-hydrogen) atoms. The van der Waals surface area contributed by atoms with Crippen LogP contribution in [0, 0.1) is 13.8 Å². The van der Waals surface area contributed by atoms with E-state index in [0.717, 1.165) is 21.2 Å². The van der Waals surface area contributed by atoms with E-state index in [-0.39, 0.29) is 18.3 Å². The van der Waals surface area contributed by atoms with Crippen LogP contribution >= 0.6 is 15.9 Å². The highest BCUT2D eigenvalue weighted by Crippen LogP contribution is 2.38. The Bertz CT molecular complexity index is 1260. The molecule has 3 aromatic carbocycles. The number of rotatable bonds is 4. The summed E-state index contributed by atoms with van der Waals surface area (Å²) < 4.78 is 23.8. The standard InChI is InChI=1S/C26H21BrO5/c1-15-3-4-16(2)18(7-15)13-30-21-5-6-22-23(11-21)32-24(25(22)28)10-17-8-20(27)9-19-12-29-14-31-26(17)19/h3-11H,12-14H2,1-2H3. The lowest BCUT2D eigenvalue weighted by Crippen LogP contribution is -2.12. The van der Waals surface area contributed by atoms with E-state index < -0.39 is 0 Å². The number of halogens is 1. The number of fused-ring (bicyclic) bond motifs is 2. The second kappa shape index (κ2) is 8.45. The molecule has 162 valence electrons. The molecule has 0 amide bonds. The molecule has 0 fully saturated rings. The third kappa shape index (κ3) is 4.04. The Kier molecular flexibility index (Phi) is 5.49. The van der Waals surface area contributed by atoms with Crippen molar-refractivity contribution in [1.29, 1.82) is 0 Å². The number of ether oxygens (including phenoxy) is 4. The van der Waals surface area contributed by atoms with E-state index in [1.165, 1.54) is 11.1 Å². The summed E-state index contributed by atoms with van der Waals surface area (Å²) in [5.41, 5.74) is 5.70. The van der Waals surface area contributed by atoms with Crippen molar-refractivity contribution in [3.05, 3.63) is 92.1 Å². The zero-order valence-electron chi connectivity index (χ0n) is 17.7. The Labute approximate surface area is 194 Å². The highest BCUT2D eigenvalue weighted by molar-refractivity contribution is 9.10. The van der Waals surface area contributed by atoms with Gasteiger partial charge in [0.05, 0.1) is 12.2 Å². The summed E-state index contributed by atoms with van der Waals surface area (Å²) in [6.07, 6.45) is 1.72. The van der Waals surface area contributed by atoms with Crippen molar-refractivity contribution in [2.45, 2.75) is 27.1 Å². The number of allylic oxidation sites excluding steroid dienone is 1. The Morgan fingerprint density at radius 3 is 2.84 bits per heavy atom. The lowest BCUT2D eigenvalue weighted by molar-refractivity contribution is -0.0165. The number of carbonyl (C=O) groups excluding carboxylic acids is 1. The minimum atomic E-state index is -0.165. The molecule has 0 aliphatic carbocycles. The van der Waals surface area contributed by atoms with Crippen molar-refractivity contribution >= 4 is 27.8 Å². The number of ketones is 1. The van der Waals surface area contributed by atoms with Gasteiger partial charge in [-0.15, -0.1) is 0 Å². The molecule has 0 N–H and O–H groups in total. The lowest BCUT2D eigenvalue weighted by Gasteiger charge is -2.20. The molecule has 0 bridgehead atoms. The van der Waals surface area contributed by atoms with Gasteiger partial charge in [-0.05, 0) is 55.3 Å². The van der Waals surface area contributed by atoms with Gasteiger partial charge < -0.3 is 18.9 Å². The summed E-state index contributed by atoms with van der Waals surface area (Å²) >= 11 is 3.51. The molecule has 6 heteroatoms. The number of benzene rings is 3. The molecule has 2 heterocycles. The molecule has 0 spiro atoms. The summed E-state index contributed by atoms with van der Waals surface area (Å²) in [6.45, 7) is 5.22. The van der Waals surface area contributed by atoms with E-state index in [1.54, 1.807) is 24.3 Å². The SMILES string of the molecule is Cc1ccc(C)c(COc2ccc3c(c2)OC(=Cc2cc(Br)cc4c2OCOC4)C3=O)c1. The second-order valence-corrected chi connectivity index (χ2v) is 8.83. The normalized spacial score (nSPS) is 15.7. The zero-order valence-corrected chi connectivity index (χ0v) is 19.3. The van der Waals surface area contributed by atoms with Gasteiger partial charge >= 0.3 is 0 Å². The number of carbonyl (C=O) groups is 1. The van der Waals surface area contributed by atoms with Crippen LogP contribution in [0.4, 0.5) is 0 Å². The van der Waals surface area contributed by atoms with Crippen molar-refractivity contribution in [3.63, 3.8) is 0 Å². The summed E-state index contributed by atoms with van der Waals surface area (Å²) in [5, 5.41) is 0. The molecule has 2 aliphatic heterocycles. The van der Waals surface area contributed by atoms with Crippen molar-refractivity contribution in [1.82, 2.24) is 0 Å². The number of hydrogen-bond donors (Lipinski definition) is 0. The summed E-state index contributed by atoms with van der Waals surface area (Å²) in [5.74, 6) is 1.94.